The Morgan fingerprint density at radius 2 is 1.81 bits per heavy atom. The molecule has 31 heavy (non-hydrogen) atoms. The largest absolute Gasteiger partial charge is 0.458 e. The molecule has 1 aliphatic carbocycles. The molecular weight excluding hydrogens is 523 g/mol. The first-order valence-electron chi connectivity index (χ1n) is 10.9. The first-order valence-corrected chi connectivity index (χ1v) is 13.2. The van der Waals surface area contributed by atoms with E-state index in [1.54, 1.807) is 11.8 Å². The van der Waals surface area contributed by atoms with Crippen LogP contribution in [-0.2, 0) is 20.8 Å². The summed E-state index contributed by atoms with van der Waals surface area (Å²) >= 11 is 4.14. The van der Waals surface area contributed by atoms with Crippen molar-refractivity contribution in [3.8, 4) is 11.3 Å². The number of carbonyl (C=O) groups excluding carboxylic acids is 1. The molecule has 2 aromatic rings. The monoisotopic (exact) mass is 556 g/mol. The van der Waals surface area contributed by atoms with Crippen LogP contribution in [0.4, 0.5) is 0 Å². The Balaban J connectivity index is 1.52. The van der Waals surface area contributed by atoms with Gasteiger partial charge >= 0.3 is 5.97 Å². The molecule has 0 spiro atoms. The number of thioether (sulfide) groups is 1. The molecule has 0 N–H and O–H groups in total. The normalized spacial score (nSPS) is 19.4. The van der Waals surface area contributed by atoms with Crippen molar-refractivity contribution in [3.63, 3.8) is 0 Å². The molecule has 1 aromatic heterocycles. The second-order valence-corrected chi connectivity index (χ2v) is 11.1. The highest BCUT2D eigenvalue weighted by atomic mass is 127. The molecule has 0 amide bonds. The number of halogens is 1. The molecule has 3 rings (SSSR count). The first-order chi connectivity index (χ1) is 14.8. The van der Waals surface area contributed by atoms with Gasteiger partial charge in [0.1, 0.15) is 17.2 Å². The highest BCUT2D eigenvalue weighted by Gasteiger charge is 2.25. The van der Waals surface area contributed by atoms with Crippen molar-refractivity contribution in [1.82, 2.24) is 9.78 Å². The predicted molar refractivity (Wildman–Crippen MR) is 134 cm³/mol. The van der Waals surface area contributed by atoms with E-state index in [1.807, 2.05) is 20.8 Å². The number of esters is 1. The SMILES string of the molecule is CSc1nn(C[C@H]2CC[C@H](COCC(=O)OC(C)(C)C)CC2)c(-c2ccccc2)c1I. The van der Waals surface area contributed by atoms with Gasteiger partial charge in [-0.25, -0.2) is 4.79 Å². The van der Waals surface area contributed by atoms with Gasteiger partial charge in [0.25, 0.3) is 0 Å². The highest BCUT2D eigenvalue weighted by molar-refractivity contribution is 14.1. The molecular formula is C24H33IN2O3S. The molecule has 1 aliphatic rings. The minimum absolute atomic E-state index is 0.0425. The minimum Gasteiger partial charge on any atom is -0.458 e. The van der Waals surface area contributed by atoms with E-state index in [9.17, 15) is 4.79 Å². The number of rotatable bonds is 8. The van der Waals surface area contributed by atoms with Crippen LogP contribution in [0.2, 0.25) is 0 Å². The Kier molecular flexibility index (Phi) is 8.87. The molecule has 0 atom stereocenters. The van der Waals surface area contributed by atoms with Crippen LogP contribution < -0.4 is 0 Å². The second-order valence-electron chi connectivity index (χ2n) is 9.21. The lowest BCUT2D eigenvalue weighted by molar-refractivity contribution is -0.160. The Labute approximate surface area is 203 Å². The average molecular weight is 557 g/mol. The van der Waals surface area contributed by atoms with Crippen LogP contribution in [0.15, 0.2) is 35.4 Å². The highest BCUT2D eigenvalue weighted by Crippen LogP contribution is 2.35. The third-order valence-corrected chi connectivity index (χ3v) is 7.56. The van der Waals surface area contributed by atoms with Gasteiger partial charge in [-0.05, 0) is 87.1 Å². The number of ether oxygens (including phenoxy) is 2. The summed E-state index contributed by atoms with van der Waals surface area (Å²) in [5.74, 6) is 0.856. The van der Waals surface area contributed by atoms with Crippen molar-refractivity contribution in [2.75, 3.05) is 19.5 Å². The smallest absolute Gasteiger partial charge is 0.332 e. The summed E-state index contributed by atoms with van der Waals surface area (Å²) in [6.07, 6.45) is 6.69. The molecule has 0 saturated heterocycles. The predicted octanol–water partition coefficient (Wildman–Crippen LogP) is 6.04. The minimum atomic E-state index is -0.461. The van der Waals surface area contributed by atoms with E-state index < -0.39 is 5.60 Å². The summed E-state index contributed by atoms with van der Waals surface area (Å²) in [6, 6.07) is 10.6. The molecule has 0 unspecified atom stereocenters. The summed E-state index contributed by atoms with van der Waals surface area (Å²) in [6.45, 7) is 7.25. The Morgan fingerprint density at radius 1 is 1.16 bits per heavy atom. The number of aromatic nitrogens is 2. The maximum Gasteiger partial charge on any atom is 0.332 e. The van der Waals surface area contributed by atoms with Crippen LogP contribution in [0, 0.1) is 15.4 Å². The number of hydrogen-bond acceptors (Lipinski definition) is 5. The first kappa shape index (κ1) is 24.6. The number of nitrogens with zero attached hydrogens (tertiary/aromatic N) is 2. The van der Waals surface area contributed by atoms with Crippen LogP contribution in [0.5, 0.6) is 0 Å². The molecule has 7 heteroatoms. The standard InChI is InChI=1S/C24H33IN2O3S/c1-24(2,3)30-20(28)16-29-15-18-12-10-17(11-13-18)14-27-22(19-8-6-5-7-9-19)21(25)23(26-27)31-4/h5-9,17-18H,10-16H2,1-4H3/t17-,18-. The van der Waals surface area contributed by atoms with Gasteiger partial charge in [-0.15, -0.1) is 11.8 Å². The zero-order chi connectivity index (χ0) is 22.4. The topological polar surface area (TPSA) is 53.4 Å². The van der Waals surface area contributed by atoms with Crippen molar-refractivity contribution in [3.05, 3.63) is 33.9 Å². The molecule has 1 heterocycles. The lowest BCUT2D eigenvalue weighted by atomic mass is 9.82. The van der Waals surface area contributed by atoms with Gasteiger partial charge in [-0.1, -0.05) is 30.3 Å². The summed E-state index contributed by atoms with van der Waals surface area (Å²) < 4.78 is 14.4. The molecule has 0 radical (unpaired) electrons. The van der Waals surface area contributed by atoms with Crippen molar-refractivity contribution in [2.45, 2.75) is 63.6 Å². The summed E-state index contributed by atoms with van der Waals surface area (Å²) in [5.41, 5.74) is 2.00. The second kappa shape index (κ2) is 11.2. The van der Waals surface area contributed by atoms with Crippen molar-refractivity contribution >= 4 is 40.3 Å². The quantitative estimate of drug-likeness (QED) is 0.226. The summed E-state index contributed by atoms with van der Waals surface area (Å²) in [4.78, 5) is 11.8. The van der Waals surface area contributed by atoms with Crippen LogP contribution in [0.1, 0.15) is 46.5 Å². The number of carbonyl (C=O) groups is 1. The third kappa shape index (κ3) is 7.22. The van der Waals surface area contributed by atoms with E-state index in [-0.39, 0.29) is 12.6 Å². The average Bonchev–Trinajstić information content (AvgIpc) is 3.03. The van der Waals surface area contributed by atoms with E-state index in [4.69, 9.17) is 14.6 Å². The zero-order valence-corrected chi connectivity index (χ0v) is 21.9. The molecule has 0 bridgehead atoms. The van der Waals surface area contributed by atoms with Crippen LogP contribution in [-0.4, -0.2) is 40.8 Å². The van der Waals surface area contributed by atoms with Gasteiger partial charge in [-0.2, -0.15) is 5.10 Å². The van der Waals surface area contributed by atoms with Crippen molar-refractivity contribution in [1.29, 1.82) is 0 Å². The number of hydrogen-bond donors (Lipinski definition) is 0. The molecule has 1 saturated carbocycles. The Morgan fingerprint density at radius 3 is 2.42 bits per heavy atom. The van der Waals surface area contributed by atoms with E-state index in [0.717, 1.165) is 24.4 Å². The number of benzene rings is 1. The van der Waals surface area contributed by atoms with Crippen LogP contribution in [0.3, 0.4) is 0 Å². The Hall–Kier alpha value is -1.06. The fourth-order valence-electron chi connectivity index (χ4n) is 4.06. The van der Waals surface area contributed by atoms with E-state index >= 15 is 0 Å². The molecule has 1 fully saturated rings. The maximum atomic E-state index is 11.8. The zero-order valence-electron chi connectivity index (χ0n) is 18.9. The Bertz CT molecular complexity index is 856. The summed E-state index contributed by atoms with van der Waals surface area (Å²) in [7, 11) is 0. The van der Waals surface area contributed by atoms with E-state index in [1.165, 1.54) is 27.7 Å². The van der Waals surface area contributed by atoms with E-state index in [2.05, 4.69) is 63.9 Å². The van der Waals surface area contributed by atoms with Gasteiger partial charge in [0.05, 0.1) is 15.9 Å². The maximum absolute atomic E-state index is 11.8. The molecule has 5 nitrogen and oxygen atoms in total. The van der Waals surface area contributed by atoms with E-state index in [0.29, 0.717) is 18.4 Å². The van der Waals surface area contributed by atoms with Gasteiger partial charge in [0.15, 0.2) is 0 Å². The van der Waals surface area contributed by atoms with Crippen molar-refractivity contribution < 1.29 is 14.3 Å². The lowest BCUT2D eigenvalue weighted by Crippen LogP contribution is -2.28. The van der Waals surface area contributed by atoms with Gasteiger partial charge in [0.2, 0.25) is 0 Å². The molecule has 170 valence electrons. The molecule has 1 aromatic carbocycles. The third-order valence-electron chi connectivity index (χ3n) is 5.50. The lowest BCUT2D eigenvalue weighted by Gasteiger charge is -2.28. The van der Waals surface area contributed by atoms with Gasteiger partial charge < -0.3 is 9.47 Å². The molecule has 0 aliphatic heterocycles. The van der Waals surface area contributed by atoms with Gasteiger partial charge in [0, 0.05) is 12.1 Å². The van der Waals surface area contributed by atoms with Crippen LogP contribution in [0.25, 0.3) is 11.3 Å². The van der Waals surface area contributed by atoms with Gasteiger partial charge in [-0.3, -0.25) is 4.68 Å². The van der Waals surface area contributed by atoms with Crippen LogP contribution >= 0.6 is 34.4 Å². The summed E-state index contributed by atoms with van der Waals surface area (Å²) in [5, 5.41) is 6.01. The van der Waals surface area contributed by atoms with Crippen molar-refractivity contribution in [2.24, 2.45) is 11.8 Å². The fourth-order valence-corrected chi connectivity index (χ4v) is 5.87. The fraction of sp³-hybridized carbons (Fsp3) is 0.583.